The minimum atomic E-state index is 0.0802. The molecule has 152 valence electrons. The third-order valence-electron chi connectivity index (χ3n) is 5.35. The third kappa shape index (κ3) is 5.55. The maximum absolute atomic E-state index is 6.17. The van der Waals surface area contributed by atoms with Gasteiger partial charge in [0.05, 0.1) is 11.9 Å². The molecule has 2 aromatic heterocycles. The highest BCUT2D eigenvalue weighted by Gasteiger charge is 2.40. The van der Waals surface area contributed by atoms with Crippen LogP contribution in [0, 0.1) is 0 Å². The summed E-state index contributed by atoms with van der Waals surface area (Å²) >= 11 is 3.81. The van der Waals surface area contributed by atoms with E-state index < -0.39 is 0 Å². The van der Waals surface area contributed by atoms with Crippen molar-refractivity contribution < 1.29 is 9.15 Å². The highest BCUT2D eigenvalue weighted by Crippen LogP contribution is 2.38. The van der Waals surface area contributed by atoms with E-state index in [2.05, 4.69) is 28.1 Å². The molecule has 4 rings (SSSR count). The maximum Gasteiger partial charge on any atom is 0.191 e. The Kier molecular flexibility index (Phi) is 6.99. The molecule has 2 atom stereocenters. The molecule has 2 N–H and O–H groups in total. The van der Waals surface area contributed by atoms with E-state index in [1.807, 2.05) is 23.9 Å². The smallest absolute Gasteiger partial charge is 0.191 e. The average Bonchev–Trinajstić information content (AvgIpc) is 3.45. The number of guanidine groups is 1. The zero-order valence-corrected chi connectivity index (χ0v) is 17.8. The molecule has 2 saturated heterocycles. The van der Waals surface area contributed by atoms with Gasteiger partial charge in [0.25, 0.3) is 0 Å². The molecule has 0 aliphatic carbocycles. The molecule has 2 unspecified atom stereocenters. The number of ether oxygens (including phenoxy) is 1. The van der Waals surface area contributed by atoms with Crippen LogP contribution in [0.5, 0.6) is 0 Å². The first-order valence-corrected chi connectivity index (χ1v) is 12.2. The molecular formula is C21H29N3O2S2. The lowest BCUT2D eigenvalue weighted by Crippen LogP contribution is -2.51. The predicted octanol–water partition coefficient (Wildman–Crippen LogP) is 3.72. The van der Waals surface area contributed by atoms with Gasteiger partial charge in [0.2, 0.25) is 0 Å². The largest absolute Gasteiger partial charge is 0.469 e. The second kappa shape index (κ2) is 9.85. The van der Waals surface area contributed by atoms with Crippen LogP contribution >= 0.6 is 23.1 Å². The summed E-state index contributed by atoms with van der Waals surface area (Å²) in [5, 5.41) is 9.32. The lowest BCUT2D eigenvalue weighted by molar-refractivity contribution is -0.0679. The van der Waals surface area contributed by atoms with Crippen LogP contribution in [-0.2, 0) is 17.6 Å². The minimum Gasteiger partial charge on any atom is -0.469 e. The molecule has 0 amide bonds. The van der Waals surface area contributed by atoms with Crippen molar-refractivity contribution in [2.24, 2.45) is 4.99 Å². The summed E-state index contributed by atoms with van der Waals surface area (Å²) in [5.74, 6) is 4.26. The Balaban J connectivity index is 1.33. The number of thioether (sulfide) groups is 1. The van der Waals surface area contributed by atoms with Crippen LogP contribution in [0.15, 0.2) is 45.3 Å². The summed E-state index contributed by atoms with van der Waals surface area (Å²) in [6.07, 6.45) is 6.85. The normalized spacial score (nSPS) is 25.3. The van der Waals surface area contributed by atoms with Crippen molar-refractivity contribution in [3.8, 4) is 0 Å². The fraction of sp³-hybridized carbons (Fsp3) is 0.571. The monoisotopic (exact) mass is 419 g/mol. The topological polar surface area (TPSA) is 58.8 Å². The van der Waals surface area contributed by atoms with Gasteiger partial charge in [-0.25, -0.2) is 0 Å². The summed E-state index contributed by atoms with van der Waals surface area (Å²) in [4.78, 5) is 6.23. The fourth-order valence-corrected chi connectivity index (χ4v) is 5.93. The van der Waals surface area contributed by atoms with Crippen molar-refractivity contribution in [1.82, 2.24) is 10.6 Å². The van der Waals surface area contributed by atoms with E-state index in [-0.39, 0.29) is 5.60 Å². The van der Waals surface area contributed by atoms with E-state index in [1.165, 1.54) is 17.1 Å². The van der Waals surface area contributed by atoms with Crippen LogP contribution in [0.2, 0.25) is 0 Å². The zero-order chi connectivity index (χ0) is 19.1. The van der Waals surface area contributed by atoms with E-state index in [9.17, 15) is 0 Å². The van der Waals surface area contributed by atoms with Crippen molar-refractivity contribution in [2.45, 2.75) is 43.7 Å². The Morgan fingerprint density at radius 1 is 1.29 bits per heavy atom. The molecule has 1 spiro atoms. The van der Waals surface area contributed by atoms with Crippen LogP contribution in [0.3, 0.4) is 0 Å². The lowest BCUT2D eigenvalue weighted by Gasteiger charge is -2.38. The van der Waals surface area contributed by atoms with Crippen molar-refractivity contribution in [1.29, 1.82) is 0 Å². The van der Waals surface area contributed by atoms with E-state index >= 15 is 0 Å². The first kappa shape index (κ1) is 19.9. The second-order valence-electron chi connectivity index (χ2n) is 7.48. The predicted molar refractivity (Wildman–Crippen MR) is 118 cm³/mol. The van der Waals surface area contributed by atoms with Gasteiger partial charge in [-0.2, -0.15) is 11.8 Å². The summed E-state index contributed by atoms with van der Waals surface area (Å²) in [7, 11) is 0. The SMILES string of the molecule is c1coc(CCNC(=NCCc2cccs2)NC2CCOC3(CCSC3)C2)c1. The molecular weight excluding hydrogens is 390 g/mol. The molecule has 0 saturated carbocycles. The molecule has 5 nitrogen and oxygen atoms in total. The van der Waals surface area contributed by atoms with E-state index in [1.54, 1.807) is 17.6 Å². The van der Waals surface area contributed by atoms with Gasteiger partial charge in [-0.05, 0) is 48.6 Å². The van der Waals surface area contributed by atoms with Gasteiger partial charge in [0.15, 0.2) is 5.96 Å². The van der Waals surface area contributed by atoms with Crippen molar-refractivity contribution in [2.75, 3.05) is 31.2 Å². The Morgan fingerprint density at radius 3 is 3.07 bits per heavy atom. The number of rotatable bonds is 7. The molecule has 7 heteroatoms. The van der Waals surface area contributed by atoms with E-state index in [0.717, 1.165) is 62.9 Å². The van der Waals surface area contributed by atoms with Crippen molar-refractivity contribution >= 4 is 29.1 Å². The Hall–Kier alpha value is -1.44. The number of thiophene rings is 1. The van der Waals surface area contributed by atoms with Crippen LogP contribution in [0.1, 0.15) is 29.9 Å². The molecule has 2 aromatic rings. The quantitative estimate of drug-likeness (QED) is 0.529. The lowest BCUT2D eigenvalue weighted by atomic mass is 9.90. The number of hydrogen-bond donors (Lipinski definition) is 2. The molecule has 0 aromatic carbocycles. The zero-order valence-electron chi connectivity index (χ0n) is 16.2. The number of nitrogens with one attached hydrogen (secondary N) is 2. The highest BCUT2D eigenvalue weighted by molar-refractivity contribution is 7.99. The summed E-state index contributed by atoms with van der Waals surface area (Å²) in [5.41, 5.74) is 0.0802. The fourth-order valence-electron chi connectivity index (χ4n) is 3.85. The molecule has 0 radical (unpaired) electrons. The van der Waals surface area contributed by atoms with Gasteiger partial charge in [0, 0.05) is 49.2 Å². The Morgan fingerprint density at radius 2 is 2.29 bits per heavy atom. The van der Waals surface area contributed by atoms with Crippen LogP contribution in [-0.4, -0.2) is 48.8 Å². The van der Waals surface area contributed by atoms with Crippen LogP contribution in [0.25, 0.3) is 0 Å². The highest BCUT2D eigenvalue weighted by atomic mass is 32.2. The first-order valence-electron chi connectivity index (χ1n) is 10.1. The molecule has 2 aliphatic rings. The van der Waals surface area contributed by atoms with Gasteiger partial charge in [0.1, 0.15) is 5.76 Å². The van der Waals surface area contributed by atoms with Gasteiger partial charge in [-0.1, -0.05) is 6.07 Å². The van der Waals surface area contributed by atoms with E-state index in [4.69, 9.17) is 14.1 Å². The summed E-state index contributed by atoms with van der Waals surface area (Å²) < 4.78 is 11.6. The third-order valence-corrected chi connectivity index (χ3v) is 7.51. The van der Waals surface area contributed by atoms with Crippen LogP contribution < -0.4 is 10.6 Å². The maximum atomic E-state index is 6.17. The van der Waals surface area contributed by atoms with Crippen LogP contribution in [0.4, 0.5) is 0 Å². The average molecular weight is 420 g/mol. The number of aliphatic imine (C=N–C) groups is 1. The van der Waals surface area contributed by atoms with Gasteiger partial charge in [-0.15, -0.1) is 11.3 Å². The number of furan rings is 1. The van der Waals surface area contributed by atoms with E-state index in [0.29, 0.717) is 6.04 Å². The van der Waals surface area contributed by atoms with Gasteiger partial charge in [-0.3, -0.25) is 4.99 Å². The summed E-state index contributed by atoms with van der Waals surface area (Å²) in [6.45, 7) is 2.44. The first-order chi connectivity index (χ1) is 13.8. The standard InChI is InChI=1S/C21H29N3O2S2/c1-3-18(25-11-1)5-9-22-20(23-10-6-19-4-2-13-28-19)24-17-7-12-26-21(15-17)8-14-27-16-21/h1-4,11,13,17H,5-10,12,14-16H2,(H2,22,23,24). The van der Waals surface area contributed by atoms with Crippen molar-refractivity contribution in [3.05, 3.63) is 46.5 Å². The Bertz CT molecular complexity index is 725. The van der Waals surface area contributed by atoms with Gasteiger partial charge >= 0.3 is 0 Å². The minimum absolute atomic E-state index is 0.0802. The second-order valence-corrected chi connectivity index (χ2v) is 9.62. The number of hydrogen-bond acceptors (Lipinski definition) is 5. The van der Waals surface area contributed by atoms with Gasteiger partial charge < -0.3 is 19.8 Å². The molecule has 0 bridgehead atoms. The molecule has 28 heavy (non-hydrogen) atoms. The van der Waals surface area contributed by atoms with Crippen molar-refractivity contribution in [3.63, 3.8) is 0 Å². The summed E-state index contributed by atoms with van der Waals surface area (Å²) in [6, 6.07) is 8.65. The number of nitrogens with zero attached hydrogens (tertiary/aromatic N) is 1. The molecule has 4 heterocycles. The molecule has 2 fully saturated rings. The Labute approximate surface area is 175 Å². The molecule has 2 aliphatic heterocycles.